The summed E-state index contributed by atoms with van der Waals surface area (Å²) < 4.78 is 6.32. The third kappa shape index (κ3) is 5.37. The molecule has 1 aliphatic rings. The monoisotopic (exact) mass is 400 g/mol. The molecule has 0 aliphatic heterocycles. The highest BCUT2D eigenvalue weighted by Gasteiger charge is 2.24. The van der Waals surface area contributed by atoms with E-state index < -0.39 is 0 Å². The van der Waals surface area contributed by atoms with E-state index in [0.29, 0.717) is 17.2 Å². The summed E-state index contributed by atoms with van der Waals surface area (Å²) in [5, 5.41) is 12.4. The molecule has 5 heteroatoms. The van der Waals surface area contributed by atoms with Crippen molar-refractivity contribution in [3.8, 4) is 24.2 Å². The highest BCUT2D eigenvalue weighted by Crippen LogP contribution is 2.27. The molecular weight excluding hydrogens is 380 g/mol. The normalized spacial score (nSPS) is 20.2. The summed E-state index contributed by atoms with van der Waals surface area (Å²) in [4.78, 5) is 12.5. The van der Waals surface area contributed by atoms with Crippen LogP contribution in [0.15, 0.2) is 28.2 Å². The number of benzene rings is 1. The average molecular weight is 401 g/mol. The molecule has 0 aromatic heterocycles. The standard InChI is InChI=1S/C20H21BrN2O2/c1-3-10-25-19-9-8-17(21)12-15(19)11-16(13-22)20(24)23-18-7-5-4-6-14(18)2/h1,8-9,11-12,14,18H,4-7,10H2,2H3,(H,23,24)/b16-11+/t14-,18+/m1/s1. The van der Waals surface area contributed by atoms with Crippen molar-refractivity contribution in [1.29, 1.82) is 5.26 Å². The molecule has 0 unspecified atom stereocenters. The van der Waals surface area contributed by atoms with Crippen molar-refractivity contribution in [2.24, 2.45) is 5.92 Å². The summed E-state index contributed by atoms with van der Waals surface area (Å²) in [5.74, 6) is 3.03. The fourth-order valence-corrected chi connectivity index (χ4v) is 3.34. The lowest BCUT2D eigenvalue weighted by atomic mass is 9.86. The number of carbonyl (C=O) groups excluding carboxylic acids is 1. The number of nitrogens with zero attached hydrogens (tertiary/aromatic N) is 1. The van der Waals surface area contributed by atoms with Gasteiger partial charge >= 0.3 is 0 Å². The van der Waals surface area contributed by atoms with Crippen LogP contribution in [-0.2, 0) is 4.79 Å². The molecule has 1 aromatic rings. The molecular formula is C20H21BrN2O2. The molecule has 2 rings (SSSR count). The summed E-state index contributed by atoms with van der Waals surface area (Å²) in [6.07, 6.45) is 11.1. The molecule has 1 aliphatic carbocycles. The van der Waals surface area contributed by atoms with Crippen molar-refractivity contribution >= 4 is 27.9 Å². The third-order valence-electron chi connectivity index (χ3n) is 4.38. The topological polar surface area (TPSA) is 62.1 Å². The van der Waals surface area contributed by atoms with Crippen LogP contribution in [0, 0.1) is 29.6 Å². The number of nitrogens with one attached hydrogen (secondary N) is 1. The van der Waals surface area contributed by atoms with Gasteiger partial charge < -0.3 is 10.1 Å². The molecule has 0 heterocycles. The molecule has 1 amide bonds. The molecule has 0 saturated heterocycles. The van der Waals surface area contributed by atoms with Gasteiger partial charge in [0.15, 0.2) is 0 Å². The van der Waals surface area contributed by atoms with E-state index in [-0.39, 0.29) is 24.1 Å². The Morgan fingerprint density at radius 2 is 2.24 bits per heavy atom. The number of amides is 1. The maximum Gasteiger partial charge on any atom is 0.262 e. The number of carbonyl (C=O) groups is 1. The Hall–Kier alpha value is -2.24. The van der Waals surface area contributed by atoms with Gasteiger partial charge in [0.1, 0.15) is 24.0 Å². The smallest absolute Gasteiger partial charge is 0.262 e. The first-order chi connectivity index (χ1) is 12.0. The van der Waals surface area contributed by atoms with E-state index in [4.69, 9.17) is 11.2 Å². The lowest BCUT2D eigenvalue weighted by Crippen LogP contribution is -2.41. The number of hydrogen-bond acceptors (Lipinski definition) is 3. The van der Waals surface area contributed by atoms with E-state index >= 15 is 0 Å². The van der Waals surface area contributed by atoms with Gasteiger partial charge in [-0.1, -0.05) is 41.6 Å². The third-order valence-corrected chi connectivity index (χ3v) is 4.87. The van der Waals surface area contributed by atoms with Gasteiger partial charge in [-0.15, -0.1) is 6.42 Å². The van der Waals surface area contributed by atoms with Gasteiger partial charge in [-0.05, 0) is 43.0 Å². The predicted octanol–water partition coefficient (Wildman–Crippen LogP) is 4.06. The van der Waals surface area contributed by atoms with Crippen LogP contribution in [0.5, 0.6) is 5.75 Å². The molecule has 1 aromatic carbocycles. The van der Waals surface area contributed by atoms with Crippen LogP contribution in [0.25, 0.3) is 6.08 Å². The summed E-state index contributed by atoms with van der Waals surface area (Å²) in [7, 11) is 0. The van der Waals surface area contributed by atoms with Gasteiger partial charge in [0, 0.05) is 16.1 Å². The van der Waals surface area contributed by atoms with Crippen molar-refractivity contribution in [3.05, 3.63) is 33.8 Å². The van der Waals surface area contributed by atoms with Crippen LogP contribution in [0.2, 0.25) is 0 Å². The molecule has 25 heavy (non-hydrogen) atoms. The second-order valence-corrected chi connectivity index (χ2v) is 7.10. The minimum atomic E-state index is -0.343. The Morgan fingerprint density at radius 1 is 1.48 bits per heavy atom. The van der Waals surface area contributed by atoms with Gasteiger partial charge in [0.05, 0.1) is 0 Å². The molecule has 130 valence electrons. The minimum absolute atomic E-state index is 0.0569. The first-order valence-electron chi connectivity index (χ1n) is 8.33. The second kappa shape index (κ2) is 9.30. The molecule has 1 N–H and O–H groups in total. The zero-order valence-corrected chi connectivity index (χ0v) is 15.8. The van der Waals surface area contributed by atoms with Crippen LogP contribution in [-0.4, -0.2) is 18.6 Å². The number of terminal acetylenes is 1. The lowest BCUT2D eigenvalue weighted by molar-refractivity contribution is -0.118. The van der Waals surface area contributed by atoms with Crippen molar-refractivity contribution in [2.75, 3.05) is 6.61 Å². The van der Waals surface area contributed by atoms with Crippen molar-refractivity contribution in [2.45, 2.75) is 38.6 Å². The molecule has 0 spiro atoms. The molecule has 0 bridgehead atoms. The Morgan fingerprint density at radius 3 is 2.92 bits per heavy atom. The van der Waals surface area contributed by atoms with Gasteiger partial charge in [0.25, 0.3) is 5.91 Å². The van der Waals surface area contributed by atoms with Crippen molar-refractivity contribution in [3.63, 3.8) is 0 Å². The van der Waals surface area contributed by atoms with E-state index in [1.54, 1.807) is 18.2 Å². The molecule has 1 fully saturated rings. The van der Waals surface area contributed by atoms with Crippen molar-refractivity contribution < 1.29 is 9.53 Å². The zero-order valence-electron chi connectivity index (χ0n) is 14.2. The molecule has 2 atom stereocenters. The summed E-state index contributed by atoms with van der Waals surface area (Å²) in [6.45, 7) is 2.26. The predicted molar refractivity (Wildman–Crippen MR) is 102 cm³/mol. The number of ether oxygens (including phenoxy) is 1. The fourth-order valence-electron chi connectivity index (χ4n) is 2.96. The van der Waals surface area contributed by atoms with E-state index in [2.05, 4.69) is 34.1 Å². The second-order valence-electron chi connectivity index (χ2n) is 6.19. The summed E-state index contributed by atoms with van der Waals surface area (Å²) >= 11 is 3.39. The lowest BCUT2D eigenvalue weighted by Gasteiger charge is -2.29. The quantitative estimate of drug-likeness (QED) is 0.460. The van der Waals surface area contributed by atoms with Gasteiger partial charge in [-0.2, -0.15) is 5.26 Å². The highest BCUT2D eigenvalue weighted by molar-refractivity contribution is 9.10. The summed E-state index contributed by atoms with van der Waals surface area (Å²) in [6, 6.07) is 7.48. The van der Waals surface area contributed by atoms with Crippen LogP contribution in [0.3, 0.4) is 0 Å². The van der Waals surface area contributed by atoms with Crippen molar-refractivity contribution in [1.82, 2.24) is 5.32 Å². The first kappa shape index (κ1) is 19.1. The zero-order chi connectivity index (χ0) is 18.2. The Kier molecular flexibility index (Phi) is 7.10. The number of hydrogen-bond donors (Lipinski definition) is 1. The first-order valence-corrected chi connectivity index (χ1v) is 9.13. The summed E-state index contributed by atoms with van der Waals surface area (Å²) in [5.41, 5.74) is 0.689. The maximum absolute atomic E-state index is 12.5. The van der Waals surface area contributed by atoms with Crippen LogP contribution in [0.4, 0.5) is 0 Å². The number of halogens is 1. The Labute approximate surface area is 157 Å². The highest BCUT2D eigenvalue weighted by atomic mass is 79.9. The SMILES string of the molecule is C#CCOc1ccc(Br)cc1/C=C(\C#N)C(=O)N[C@H]1CCCC[C@H]1C. The minimum Gasteiger partial charge on any atom is -0.480 e. The molecule has 4 nitrogen and oxygen atoms in total. The van der Waals surface area contributed by atoms with Gasteiger partial charge in [-0.3, -0.25) is 4.79 Å². The molecule has 1 saturated carbocycles. The van der Waals surface area contributed by atoms with Gasteiger partial charge in [0.2, 0.25) is 0 Å². The van der Waals surface area contributed by atoms with Gasteiger partial charge in [-0.25, -0.2) is 0 Å². The maximum atomic E-state index is 12.5. The van der Waals surface area contributed by atoms with Crippen LogP contribution in [0.1, 0.15) is 38.2 Å². The number of nitriles is 1. The molecule has 0 radical (unpaired) electrons. The van der Waals surface area contributed by atoms with E-state index in [9.17, 15) is 10.1 Å². The van der Waals surface area contributed by atoms with E-state index in [0.717, 1.165) is 23.7 Å². The largest absolute Gasteiger partial charge is 0.480 e. The average Bonchev–Trinajstić information content (AvgIpc) is 2.60. The van der Waals surface area contributed by atoms with E-state index in [1.165, 1.54) is 6.42 Å². The number of rotatable bonds is 5. The Bertz CT molecular complexity index is 743. The fraction of sp³-hybridized carbons (Fsp3) is 0.400. The van der Waals surface area contributed by atoms with Crippen LogP contribution >= 0.6 is 15.9 Å². The van der Waals surface area contributed by atoms with Crippen LogP contribution < -0.4 is 10.1 Å². The van der Waals surface area contributed by atoms with E-state index in [1.807, 2.05) is 12.1 Å². The Balaban J connectivity index is 2.21.